The predicted molar refractivity (Wildman–Crippen MR) is 40.3 cm³/mol. The molecular weight excluding hydrogens is 204 g/mol. The van der Waals surface area contributed by atoms with Gasteiger partial charge in [0.1, 0.15) is 6.54 Å². The molecule has 0 aliphatic carbocycles. The van der Waals surface area contributed by atoms with Gasteiger partial charge in [-0.1, -0.05) is 6.07 Å². The van der Waals surface area contributed by atoms with Crippen LogP contribution in [0.4, 0.5) is 0 Å². The lowest BCUT2D eigenvalue weighted by molar-refractivity contribution is -0.697. The predicted octanol–water partition coefficient (Wildman–Crippen LogP) is -2.67. The van der Waals surface area contributed by atoms with Crippen LogP contribution in [0.5, 0.6) is 0 Å². The molecule has 0 saturated heterocycles. The summed E-state index contributed by atoms with van der Waals surface area (Å²) in [4.78, 5) is 0. The van der Waals surface area contributed by atoms with E-state index in [4.69, 9.17) is 5.73 Å². The van der Waals surface area contributed by atoms with Crippen LogP contribution in [-0.2, 0) is 6.54 Å². The normalized spacial score (nSPS) is 8.82. The lowest BCUT2D eigenvalue weighted by atomic mass is 10.4. The maximum Gasteiger partial charge on any atom is 0.168 e. The molecule has 0 radical (unpaired) electrons. The molecule has 1 rings (SSSR count). The number of hydrogen-bond donors (Lipinski definition) is 1. The first-order valence-corrected chi connectivity index (χ1v) is 3.57. The summed E-state index contributed by atoms with van der Waals surface area (Å²) in [7, 11) is 0. The van der Waals surface area contributed by atoms with Crippen LogP contribution < -0.4 is 27.3 Å². The van der Waals surface area contributed by atoms with Crippen molar-refractivity contribution in [3.8, 4) is 0 Å². The molecule has 1 aromatic heterocycles. The van der Waals surface area contributed by atoms with Crippen molar-refractivity contribution >= 4 is 0 Å². The average Bonchev–Trinajstić information content (AvgIpc) is 2.03. The minimum Gasteiger partial charge on any atom is -1.00 e. The van der Waals surface area contributed by atoms with Crippen molar-refractivity contribution in [2.24, 2.45) is 5.73 Å². The molecule has 0 atom stereocenters. The minimum atomic E-state index is 0. The molecule has 0 amide bonds. The van der Waals surface area contributed by atoms with Crippen LogP contribution in [0.2, 0.25) is 0 Å². The fraction of sp³-hybridized carbons (Fsp3) is 0.375. The highest BCUT2D eigenvalue weighted by Crippen LogP contribution is 1.78. The third-order valence-corrected chi connectivity index (χ3v) is 1.40. The van der Waals surface area contributed by atoms with E-state index in [1.165, 1.54) is 0 Å². The highest BCUT2D eigenvalue weighted by molar-refractivity contribution is 4.83. The molecule has 0 aliphatic rings. The van der Waals surface area contributed by atoms with Crippen molar-refractivity contribution in [3.63, 3.8) is 0 Å². The van der Waals surface area contributed by atoms with Gasteiger partial charge in [0.2, 0.25) is 0 Å². The average molecular weight is 217 g/mol. The highest BCUT2D eigenvalue weighted by atomic mass is 79.9. The quantitative estimate of drug-likeness (QED) is 0.550. The van der Waals surface area contributed by atoms with Gasteiger partial charge in [0.15, 0.2) is 12.4 Å². The van der Waals surface area contributed by atoms with E-state index in [0.29, 0.717) is 0 Å². The SMILES string of the molecule is NCCC[n+]1ccccc1.[Br-]. The van der Waals surface area contributed by atoms with Gasteiger partial charge in [0.25, 0.3) is 0 Å². The molecule has 3 heteroatoms. The Labute approximate surface area is 77.8 Å². The molecule has 0 saturated carbocycles. The Balaban J connectivity index is 0.000001000. The van der Waals surface area contributed by atoms with Gasteiger partial charge in [-0.2, -0.15) is 0 Å². The molecule has 62 valence electrons. The maximum atomic E-state index is 5.36. The number of aryl methyl sites for hydroxylation is 1. The van der Waals surface area contributed by atoms with Crippen LogP contribution >= 0.6 is 0 Å². The first-order valence-electron chi connectivity index (χ1n) is 3.57. The van der Waals surface area contributed by atoms with Gasteiger partial charge in [-0.25, -0.2) is 4.57 Å². The summed E-state index contributed by atoms with van der Waals surface area (Å²) in [6.07, 6.45) is 5.15. The van der Waals surface area contributed by atoms with Crippen LogP contribution in [0.3, 0.4) is 0 Å². The summed E-state index contributed by atoms with van der Waals surface area (Å²) in [5.74, 6) is 0. The summed E-state index contributed by atoms with van der Waals surface area (Å²) >= 11 is 0. The highest BCUT2D eigenvalue weighted by Gasteiger charge is 1.93. The standard InChI is InChI=1S/C8H13N2.BrH/c9-5-4-8-10-6-2-1-3-7-10;/h1-3,6-7H,4-5,8-9H2;1H/q+1;/p-1. The van der Waals surface area contributed by atoms with Gasteiger partial charge in [-0.3, -0.25) is 0 Å². The molecule has 0 aliphatic heterocycles. The first-order chi connectivity index (χ1) is 4.93. The van der Waals surface area contributed by atoms with Gasteiger partial charge >= 0.3 is 0 Å². The molecule has 1 heterocycles. The van der Waals surface area contributed by atoms with Crippen molar-refractivity contribution in [2.45, 2.75) is 13.0 Å². The zero-order chi connectivity index (χ0) is 7.23. The van der Waals surface area contributed by atoms with E-state index in [1.807, 2.05) is 18.2 Å². The second-order valence-electron chi connectivity index (χ2n) is 2.26. The Bertz CT molecular complexity index is 177. The first kappa shape index (κ1) is 10.6. The Kier molecular flexibility index (Phi) is 6.07. The molecule has 11 heavy (non-hydrogen) atoms. The number of rotatable bonds is 3. The van der Waals surface area contributed by atoms with Crippen molar-refractivity contribution in [2.75, 3.05) is 6.54 Å². The smallest absolute Gasteiger partial charge is 0.168 e. The van der Waals surface area contributed by atoms with Crippen LogP contribution in [0.25, 0.3) is 0 Å². The zero-order valence-corrected chi connectivity index (χ0v) is 8.00. The van der Waals surface area contributed by atoms with Gasteiger partial charge in [0, 0.05) is 18.6 Å². The number of hydrogen-bond acceptors (Lipinski definition) is 1. The molecule has 0 aromatic carbocycles. The molecule has 0 fully saturated rings. The van der Waals surface area contributed by atoms with Crippen LogP contribution in [0.15, 0.2) is 30.6 Å². The van der Waals surface area contributed by atoms with Crippen LogP contribution in [-0.4, -0.2) is 6.54 Å². The second kappa shape index (κ2) is 6.31. The van der Waals surface area contributed by atoms with Gasteiger partial charge < -0.3 is 22.7 Å². The largest absolute Gasteiger partial charge is 1.00 e. The molecule has 2 nitrogen and oxygen atoms in total. The fourth-order valence-corrected chi connectivity index (χ4v) is 0.857. The number of halogens is 1. The Morgan fingerprint density at radius 3 is 2.27 bits per heavy atom. The molecule has 0 bridgehead atoms. The third kappa shape index (κ3) is 4.11. The second-order valence-corrected chi connectivity index (χ2v) is 2.26. The molecular formula is C8H13BrN2. The van der Waals surface area contributed by atoms with E-state index in [9.17, 15) is 0 Å². The summed E-state index contributed by atoms with van der Waals surface area (Å²) in [6.45, 7) is 1.79. The van der Waals surface area contributed by atoms with E-state index < -0.39 is 0 Å². The Morgan fingerprint density at radius 2 is 1.73 bits per heavy atom. The summed E-state index contributed by atoms with van der Waals surface area (Å²) in [5, 5.41) is 0. The van der Waals surface area contributed by atoms with Gasteiger partial charge in [-0.05, 0) is 6.54 Å². The summed E-state index contributed by atoms with van der Waals surface area (Å²) < 4.78 is 2.13. The summed E-state index contributed by atoms with van der Waals surface area (Å²) in [5.41, 5.74) is 5.36. The lowest BCUT2D eigenvalue weighted by Gasteiger charge is -1.91. The molecule has 0 spiro atoms. The third-order valence-electron chi connectivity index (χ3n) is 1.40. The van der Waals surface area contributed by atoms with Crippen LogP contribution in [0, 0.1) is 0 Å². The minimum absolute atomic E-state index is 0. The number of nitrogens with zero attached hydrogens (tertiary/aromatic N) is 1. The lowest BCUT2D eigenvalue weighted by Crippen LogP contribution is -3.00. The maximum absolute atomic E-state index is 5.36. The van der Waals surface area contributed by atoms with E-state index >= 15 is 0 Å². The van der Waals surface area contributed by atoms with Crippen molar-refractivity contribution < 1.29 is 21.5 Å². The number of aromatic nitrogens is 1. The van der Waals surface area contributed by atoms with E-state index in [0.717, 1.165) is 19.5 Å². The van der Waals surface area contributed by atoms with Gasteiger partial charge in [-0.15, -0.1) is 0 Å². The van der Waals surface area contributed by atoms with E-state index in [1.54, 1.807) is 0 Å². The van der Waals surface area contributed by atoms with Crippen molar-refractivity contribution in [1.82, 2.24) is 0 Å². The van der Waals surface area contributed by atoms with Crippen molar-refractivity contribution in [3.05, 3.63) is 30.6 Å². The Morgan fingerprint density at radius 1 is 1.09 bits per heavy atom. The zero-order valence-electron chi connectivity index (χ0n) is 6.41. The van der Waals surface area contributed by atoms with Crippen molar-refractivity contribution in [1.29, 1.82) is 0 Å². The van der Waals surface area contributed by atoms with E-state index in [2.05, 4.69) is 17.0 Å². The summed E-state index contributed by atoms with van der Waals surface area (Å²) in [6, 6.07) is 6.06. The Hall–Kier alpha value is -0.410. The molecule has 0 unspecified atom stereocenters. The topological polar surface area (TPSA) is 29.9 Å². The van der Waals surface area contributed by atoms with Gasteiger partial charge in [0.05, 0.1) is 0 Å². The monoisotopic (exact) mass is 216 g/mol. The number of pyridine rings is 1. The molecule has 2 N–H and O–H groups in total. The fourth-order valence-electron chi connectivity index (χ4n) is 0.857. The van der Waals surface area contributed by atoms with E-state index in [-0.39, 0.29) is 17.0 Å². The molecule has 1 aromatic rings. The van der Waals surface area contributed by atoms with Crippen LogP contribution in [0.1, 0.15) is 6.42 Å². The number of nitrogens with two attached hydrogens (primary N) is 1.